The number of halogens is 2. The number of aromatic nitrogens is 1. The number of amides is 1. The summed E-state index contributed by atoms with van der Waals surface area (Å²) < 4.78 is 18.6. The quantitative estimate of drug-likeness (QED) is 0.318. The van der Waals surface area contributed by atoms with Gasteiger partial charge in [-0.1, -0.05) is 13.0 Å². The van der Waals surface area contributed by atoms with Crippen LogP contribution in [0.4, 0.5) is 4.39 Å². The molecule has 9 heteroatoms. The number of carbonyl (C=O) groups is 1. The van der Waals surface area contributed by atoms with E-state index in [4.69, 9.17) is 4.74 Å². The molecule has 0 saturated carbocycles. The van der Waals surface area contributed by atoms with Crippen molar-refractivity contribution in [2.75, 3.05) is 19.6 Å². The van der Waals surface area contributed by atoms with Crippen LogP contribution >= 0.6 is 24.0 Å². The molecule has 1 aliphatic rings. The fourth-order valence-corrected chi connectivity index (χ4v) is 3.20. The second-order valence-electron chi connectivity index (χ2n) is 7.08. The lowest BCUT2D eigenvalue weighted by Gasteiger charge is -2.18. The van der Waals surface area contributed by atoms with Gasteiger partial charge in [-0.25, -0.2) is 14.4 Å². The molecule has 168 valence electrons. The molecule has 7 nitrogen and oxygen atoms in total. The van der Waals surface area contributed by atoms with E-state index < -0.39 is 0 Å². The molecule has 0 bridgehead atoms. The van der Waals surface area contributed by atoms with E-state index in [1.807, 2.05) is 24.8 Å². The van der Waals surface area contributed by atoms with Crippen molar-refractivity contribution < 1.29 is 13.9 Å². The molecule has 1 aliphatic heterocycles. The Morgan fingerprint density at radius 1 is 1.26 bits per heavy atom. The van der Waals surface area contributed by atoms with E-state index in [0.717, 1.165) is 31.0 Å². The number of aliphatic imine (C=N–C) groups is 1. The highest BCUT2D eigenvalue weighted by Gasteiger charge is 2.25. The summed E-state index contributed by atoms with van der Waals surface area (Å²) in [5.41, 5.74) is 0.938. The number of guanidine groups is 1. The first kappa shape index (κ1) is 24.8. The van der Waals surface area contributed by atoms with E-state index in [0.29, 0.717) is 31.1 Å². The van der Waals surface area contributed by atoms with E-state index in [2.05, 4.69) is 20.6 Å². The highest BCUT2D eigenvalue weighted by molar-refractivity contribution is 14.0. The molecule has 1 fully saturated rings. The van der Waals surface area contributed by atoms with E-state index in [9.17, 15) is 9.18 Å². The maximum absolute atomic E-state index is 13.0. The first-order valence-electron chi connectivity index (χ1n) is 10.3. The molecule has 1 saturated heterocycles. The zero-order valence-electron chi connectivity index (χ0n) is 17.8. The number of nitrogens with zero attached hydrogens (tertiary/aromatic N) is 3. The fraction of sp³-hybridized carbons (Fsp3) is 0.409. The molecule has 0 radical (unpaired) electrons. The van der Waals surface area contributed by atoms with Gasteiger partial charge in [-0.05, 0) is 43.2 Å². The van der Waals surface area contributed by atoms with Crippen LogP contribution in [0.15, 0.2) is 47.6 Å². The van der Waals surface area contributed by atoms with Crippen molar-refractivity contribution >= 4 is 35.8 Å². The van der Waals surface area contributed by atoms with Crippen molar-refractivity contribution in [2.24, 2.45) is 4.99 Å². The Morgan fingerprint density at radius 2 is 2.03 bits per heavy atom. The molecular weight excluding hydrogens is 512 g/mol. The number of benzene rings is 1. The highest BCUT2D eigenvalue weighted by Crippen LogP contribution is 2.19. The normalized spacial score (nSPS) is 15.9. The van der Waals surface area contributed by atoms with Crippen LogP contribution in [0.3, 0.4) is 0 Å². The Morgan fingerprint density at radius 3 is 2.68 bits per heavy atom. The standard InChI is InChI=1S/C22H28FN5O2.HI/c1-3-21(29)28-12-11-18(15-28)27-22(24-4-2)26-14-16-5-10-20(25-13-16)30-19-8-6-17(23)7-9-19;/h5-10,13,18H,3-4,11-12,14-15H2,1-2H3,(H2,24,26,27);1H. The summed E-state index contributed by atoms with van der Waals surface area (Å²) in [6, 6.07) is 9.66. The van der Waals surface area contributed by atoms with Crippen molar-refractivity contribution in [1.29, 1.82) is 0 Å². The van der Waals surface area contributed by atoms with Crippen LogP contribution in [-0.2, 0) is 11.3 Å². The van der Waals surface area contributed by atoms with Gasteiger partial charge in [0.2, 0.25) is 11.8 Å². The number of hydrogen-bond donors (Lipinski definition) is 2. The monoisotopic (exact) mass is 541 g/mol. The number of likely N-dealkylation sites (tertiary alicyclic amines) is 1. The van der Waals surface area contributed by atoms with Gasteiger partial charge in [0.15, 0.2) is 5.96 Å². The summed E-state index contributed by atoms with van der Waals surface area (Å²) in [4.78, 5) is 22.7. The lowest BCUT2D eigenvalue weighted by molar-refractivity contribution is -0.129. The molecular formula is C22H29FIN5O2. The number of ether oxygens (including phenoxy) is 1. The zero-order chi connectivity index (χ0) is 21.3. The molecule has 31 heavy (non-hydrogen) atoms. The minimum Gasteiger partial charge on any atom is -0.439 e. The summed E-state index contributed by atoms with van der Waals surface area (Å²) in [5.74, 6) is 1.57. The van der Waals surface area contributed by atoms with Crippen LogP contribution < -0.4 is 15.4 Å². The zero-order valence-corrected chi connectivity index (χ0v) is 20.1. The van der Waals surface area contributed by atoms with Crippen molar-refractivity contribution in [3.05, 3.63) is 54.0 Å². The SMILES string of the molecule is CCNC(=NCc1ccc(Oc2ccc(F)cc2)nc1)NC1CCN(C(=O)CC)C1.I. The van der Waals surface area contributed by atoms with Gasteiger partial charge in [-0.15, -0.1) is 24.0 Å². The molecule has 1 aromatic heterocycles. The molecule has 1 unspecified atom stereocenters. The van der Waals surface area contributed by atoms with Gasteiger partial charge in [0, 0.05) is 44.4 Å². The number of nitrogens with one attached hydrogen (secondary N) is 2. The average Bonchev–Trinajstić information content (AvgIpc) is 3.23. The molecule has 1 aromatic carbocycles. The van der Waals surface area contributed by atoms with Crippen LogP contribution in [0.25, 0.3) is 0 Å². The van der Waals surface area contributed by atoms with E-state index in [1.165, 1.54) is 12.1 Å². The summed E-state index contributed by atoms with van der Waals surface area (Å²) >= 11 is 0. The third kappa shape index (κ3) is 7.64. The third-order valence-corrected chi connectivity index (χ3v) is 4.78. The fourth-order valence-electron chi connectivity index (χ4n) is 3.20. The summed E-state index contributed by atoms with van der Waals surface area (Å²) in [7, 11) is 0. The van der Waals surface area contributed by atoms with Crippen LogP contribution in [0.1, 0.15) is 32.3 Å². The molecule has 0 spiro atoms. The maximum atomic E-state index is 13.0. The molecule has 1 atom stereocenters. The van der Waals surface area contributed by atoms with Gasteiger partial charge in [0.1, 0.15) is 11.6 Å². The Hall–Kier alpha value is -2.43. The number of pyridine rings is 1. The Bertz CT molecular complexity index is 861. The molecule has 3 rings (SSSR count). The topological polar surface area (TPSA) is 78.9 Å². The van der Waals surface area contributed by atoms with Crippen molar-refractivity contribution in [2.45, 2.75) is 39.3 Å². The van der Waals surface area contributed by atoms with Crippen LogP contribution in [0.2, 0.25) is 0 Å². The molecule has 2 aromatic rings. The van der Waals surface area contributed by atoms with Crippen LogP contribution in [-0.4, -0.2) is 47.4 Å². The van der Waals surface area contributed by atoms with Crippen molar-refractivity contribution in [3.8, 4) is 11.6 Å². The second-order valence-corrected chi connectivity index (χ2v) is 7.08. The minimum absolute atomic E-state index is 0. The predicted octanol–water partition coefficient (Wildman–Crippen LogP) is 3.70. The smallest absolute Gasteiger partial charge is 0.222 e. The molecule has 2 heterocycles. The van der Waals surface area contributed by atoms with Gasteiger partial charge < -0.3 is 20.3 Å². The van der Waals surface area contributed by atoms with Crippen LogP contribution in [0.5, 0.6) is 11.6 Å². The lowest BCUT2D eigenvalue weighted by Crippen LogP contribution is -2.45. The average molecular weight is 541 g/mol. The largest absolute Gasteiger partial charge is 0.439 e. The lowest BCUT2D eigenvalue weighted by atomic mass is 10.2. The van der Waals surface area contributed by atoms with Gasteiger partial charge >= 0.3 is 0 Å². The third-order valence-electron chi connectivity index (χ3n) is 4.78. The van der Waals surface area contributed by atoms with Crippen LogP contribution in [0, 0.1) is 5.82 Å². The number of rotatable bonds is 7. The Labute approximate surface area is 199 Å². The van der Waals surface area contributed by atoms with E-state index >= 15 is 0 Å². The number of hydrogen-bond acceptors (Lipinski definition) is 4. The van der Waals surface area contributed by atoms with Gasteiger partial charge in [0.05, 0.1) is 6.54 Å². The number of carbonyl (C=O) groups excluding carboxylic acids is 1. The second kappa shape index (κ2) is 12.4. The van der Waals surface area contributed by atoms with E-state index in [-0.39, 0.29) is 41.7 Å². The maximum Gasteiger partial charge on any atom is 0.222 e. The summed E-state index contributed by atoms with van der Waals surface area (Å²) in [6.07, 6.45) is 3.16. The van der Waals surface area contributed by atoms with Crippen molar-refractivity contribution in [3.63, 3.8) is 0 Å². The highest BCUT2D eigenvalue weighted by atomic mass is 127. The first-order valence-corrected chi connectivity index (χ1v) is 10.3. The van der Waals surface area contributed by atoms with Crippen molar-refractivity contribution in [1.82, 2.24) is 20.5 Å². The Balaban J connectivity index is 0.00000341. The molecule has 2 N–H and O–H groups in total. The van der Waals surface area contributed by atoms with E-state index in [1.54, 1.807) is 24.4 Å². The van der Waals surface area contributed by atoms with Gasteiger partial charge in [-0.3, -0.25) is 4.79 Å². The summed E-state index contributed by atoms with van der Waals surface area (Å²) in [5, 5.41) is 6.66. The first-order chi connectivity index (χ1) is 14.6. The van der Waals surface area contributed by atoms with Gasteiger partial charge in [-0.2, -0.15) is 0 Å². The van der Waals surface area contributed by atoms with Gasteiger partial charge in [0.25, 0.3) is 0 Å². The molecule has 1 amide bonds. The minimum atomic E-state index is -0.309. The predicted molar refractivity (Wildman–Crippen MR) is 129 cm³/mol. The summed E-state index contributed by atoms with van der Waals surface area (Å²) in [6.45, 7) is 6.60. The molecule has 0 aliphatic carbocycles. The Kier molecular flexibility index (Phi) is 9.96.